The highest BCUT2D eigenvalue weighted by Gasteiger charge is 2.68. The van der Waals surface area contributed by atoms with Gasteiger partial charge in [-0.1, -0.05) is 43.3 Å². The molecule has 1 fully saturated rings. The summed E-state index contributed by atoms with van der Waals surface area (Å²) in [6.45, 7) is 1.95. The van der Waals surface area contributed by atoms with E-state index < -0.39 is 87.3 Å². The number of nitrogens with one attached hydrogen (secondary N) is 2. The quantitative estimate of drug-likeness (QED) is 0.153. The second kappa shape index (κ2) is 13.4. The maximum absolute atomic E-state index is 14.1. The Morgan fingerprint density at radius 1 is 1.02 bits per heavy atom. The molecule has 13 nitrogen and oxygen atoms in total. The number of ketones is 2. The number of carbonyl (C=O) groups is 4. The summed E-state index contributed by atoms with van der Waals surface area (Å²) in [6.07, 6.45) is -1.69. The largest absolute Gasteiger partial charge is 0.508 e. The van der Waals surface area contributed by atoms with Crippen molar-refractivity contribution in [2.45, 2.75) is 37.1 Å². The lowest BCUT2D eigenvalue weighted by atomic mass is 9.54. The van der Waals surface area contributed by atoms with Crippen LogP contribution in [0.15, 0.2) is 59.4 Å². The van der Waals surface area contributed by atoms with Gasteiger partial charge in [0, 0.05) is 18.0 Å². The number of aliphatic hydroxyl groups is 4. The molecule has 0 aromatic heterocycles. The Kier molecular flexibility index (Phi) is 10.6. The molecular weight excluding hydrogens is 643 g/mol. The van der Waals surface area contributed by atoms with Gasteiger partial charge in [0.15, 0.2) is 11.4 Å². The van der Waals surface area contributed by atoms with E-state index >= 15 is 0 Å². The zero-order valence-electron chi connectivity index (χ0n) is 25.1. The normalized spacial score (nSPS) is 26.8. The molecule has 0 saturated heterocycles. The summed E-state index contributed by atoms with van der Waals surface area (Å²) < 4.78 is 0. The molecule has 248 valence electrons. The van der Waals surface area contributed by atoms with Crippen LogP contribution >= 0.6 is 24.8 Å². The zero-order valence-corrected chi connectivity index (χ0v) is 26.7. The summed E-state index contributed by atoms with van der Waals surface area (Å²) in [5.74, 6) is -10.4. The molecule has 2 aromatic carbocycles. The number of fused-ring (bicyclic) bond motifs is 3. The maximum Gasteiger partial charge on any atom is 0.255 e. The molecular formula is C31H36Cl2N4O9. The Morgan fingerprint density at radius 2 is 1.65 bits per heavy atom. The summed E-state index contributed by atoms with van der Waals surface area (Å²) in [4.78, 5) is 53.4. The van der Waals surface area contributed by atoms with Crippen molar-refractivity contribution >= 4 is 59.6 Å². The van der Waals surface area contributed by atoms with Gasteiger partial charge in [0.2, 0.25) is 11.7 Å². The molecule has 0 spiro atoms. The maximum atomic E-state index is 14.1. The number of aromatic hydroxyl groups is 1. The van der Waals surface area contributed by atoms with Crippen molar-refractivity contribution < 1.29 is 44.7 Å². The number of aliphatic hydroxyl groups excluding tert-OH is 3. The second-order valence-electron chi connectivity index (χ2n) is 11.6. The number of amides is 2. The van der Waals surface area contributed by atoms with E-state index in [0.29, 0.717) is 12.1 Å². The standard InChI is InChI=1S/C31H34N4O9.2ClH/c1-13-15-9-10-16(34-17(36)12-33-11-14-7-5-4-6-8-14)24(37)19(15)25(38)20-18(13)26(39)22-23(35(2)3)27(40)21(30(32)43)29(42)31(22,44)28(20)41;;/h4-10,13,18,22-23,26,33,37-39,42,44H,11-12H2,1-3H3,(H2,32,43)(H,34,36);2*1H/t13?,18?,22?,23-,26?,31-;;/m0../s1. The lowest BCUT2D eigenvalue weighted by Crippen LogP contribution is -2.70. The van der Waals surface area contributed by atoms with Gasteiger partial charge < -0.3 is 41.9 Å². The van der Waals surface area contributed by atoms with Crippen LogP contribution in [0.3, 0.4) is 0 Å². The SMILES string of the molecule is CC1c2ccc(NC(=O)CNCc3ccccc3)c(O)c2C(O)=C2C(=O)[C@]3(O)C(O)=C(C(N)=O)C(=O)[C@@H](N(C)C)C3C(O)C21.Cl.Cl. The molecule has 2 aromatic rings. The minimum absolute atomic E-state index is 0. The van der Waals surface area contributed by atoms with Crippen LogP contribution in [0.2, 0.25) is 0 Å². The molecule has 3 aliphatic carbocycles. The van der Waals surface area contributed by atoms with Crippen molar-refractivity contribution in [3.63, 3.8) is 0 Å². The number of hydrogen-bond donors (Lipinski definition) is 8. The number of carbonyl (C=O) groups excluding carboxylic acids is 4. The number of halogens is 2. The van der Waals surface area contributed by atoms with Gasteiger partial charge in [-0.2, -0.15) is 0 Å². The minimum atomic E-state index is -3.00. The molecule has 6 atom stereocenters. The van der Waals surface area contributed by atoms with Crippen molar-refractivity contribution in [3.05, 3.63) is 76.1 Å². The Morgan fingerprint density at radius 3 is 2.24 bits per heavy atom. The minimum Gasteiger partial charge on any atom is -0.508 e. The Balaban J connectivity index is 0.00000288. The molecule has 0 heterocycles. The van der Waals surface area contributed by atoms with Gasteiger partial charge in [-0.25, -0.2) is 0 Å². The molecule has 4 unspecified atom stereocenters. The highest BCUT2D eigenvalue weighted by molar-refractivity contribution is 6.24. The first-order valence-corrected chi connectivity index (χ1v) is 14.0. The van der Waals surface area contributed by atoms with Gasteiger partial charge in [0.05, 0.1) is 35.9 Å². The average Bonchev–Trinajstić information content (AvgIpc) is 2.96. The van der Waals surface area contributed by atoms with Crippen molar-refractivity contribution in [1.29, 1.82) is 0 Å². The molecule has 15 heteroatoms. The van der Waals surface area contributed by atoms with E-state index in [1.165, 1.54) is 31.1 Å². The van der Waals surface area contributed by atoms with Crippen LogP contribution < -0.4 is 16.4 Å². The van der Waals surface area contributed by atoms with Crippen molar-refractivity contribution in [3.8, 4) is 5.75 Å². The third-order valence-electron chi connectivity index (χ3n) is 8.86. The number of primary amides is 1. The molecule has 2 amide bonds. The van der Waals surface area contributed by atoms with E-state index in [4.69, 9.17) is 5.73 Å². The summed E-state index contributed by atoms with van der Waals surface area (Å²) in [5.41, 5.74) is 1.84. The number of nitrogens with two attached hydrogens (primary N) is 1. The number of likely N-dealkylation sites (N-methyl/N-ethyl adjacent to an activating group) is 1. The van der Waals surface area contributed by atoms with E-state index in [9.17, 15) is 44.7 Å². The van der Waals surface area contributed by atoms with Gasteiger partial charge in [-0.3, -0.25) is 24.1 Å². The lowest BCUT2D eigenvalue weighted by Gasteiger charge is -2.53. The molecule has 3 aliphatic rings. The summed E-state index contributed by atoms with van der Waals surface area (Å²) >= 11 is 0. The van der Waals surface area contributed by atoms with Gasteiger partial charge >= 0.3 is 0 Å². The van der Waals surface area contributed by atoms with Crippen molar-refractivity contribution in [2.75, 3.05) is 26.0 Å². The van der Waals surface area contributed by atoms with E-state index in [1.54, 1.807) is 6.92 Å². The highest BCUT2D eigenvalue weighted by Crippen LogP contribution is 2.56. The number of hydrogen-bond acceptors (Lipinski definition) is 11. The third-order valence-corrected chi connectivity index (χ3v) is 8.86. The van der Waals surface area contributed by atoms with Crippen LogP contribution in [0.25, 0.3) is 5.76 Å². The average molecular weight is 680 g/mol. The van der Waals surface area contributed by atoms with Gasteiger partial charge in [0.1, 0.15) is 22.8 Å². The fourth-order valence-electron chi connectivity index (χ4n) is 6.83. The van der Waals surface area contributed by atoms with E-state index in [1.807, 2.05) is 30.3 Å². The summed E-state index contributed by atoms with van der Waals surface area (Å²) in [6, 6.07) is 10.9. The first-order chi connectivity index (χ1) is 20.7. The van der Waals surface area contributed by atoms with Gasteiger partial charge in [-0.15, -0.1) is 24.8 Å². The van der Waals surface area contributed by atoms with Crippen LogP contribution in [0.5, 0.6) is 5.75 Å². The molecule has 1 saturated carbocycles. The third kappa shape index (κ3) is 5.52. The van der Waals surface area contributed by atoms with E-state index in [-0.39, 0.29) is 42.6 Å². The zero-order chi connectivity index (χ0) is 32.2. The van der Waals surface area contributed by atoms with Gasteiger partial charge in [0.25, 0.3) is 5.91 Å². The van der Waals surface area contributed by atoms with Crippen LogP contribution in [0.1, 0.15) is 29.5 Å². The number of phenols is 1. The number of phenolic OH excluding ortho intramolecular Hbond substituents is 1. The summed E-state index contributed by atoms with van der Waals surface area (Å²) in [7, 11) is 2.88. The number of benzene rings is 2. The fraction of sp³-hybridized carbons (Fsp3) is 0.355. The highest BCUT2D eigenvalue weighted by atomic mass is 35.5. The van der Waals surface area contributed by atoms with Crippen LogP contribution in [0.4, 0.5) is 5.69 Å². The Hall–Kier alpha value is -3.98. The summed E-state index contributed by atoms with van der Waals surface area (Å²) in [5, 5.41) is 62.6. The molecule has 46 heavy (non-hydrogen) atoms. The molecule has 9 N–H and O–H groups in total. The topological polar surface area (TPSA) is 223 Å². The second-order valence-corrected chi connectivity index (χ2v) is 11.6. The number of rotatable bonds is 7. The number of anilines is 1. The Labute approximate surface area is 276 Å². The predicted octanol–water partition coefficient (Wildman–Crippen LogP) is 1.07. The molecule has 0 radical (unpaired) electrons. The lowest BCUT2D eigenvalue weighted by molar-refractivity contribution is -0.169. The Bertz CT molecular complexity index is 1650. The monoisotopic (exact) mass is 678 g/mol. The first-order valence-electron chi connectivity index (χ1n) is 14.0. The van der Waals surface area contributed by atoms with Crippen molar-refractivity contribution in [2.24, 2.45) is 17.6 Å². The van der Waals surface area contributed by atoms with Crippen LogP contribution in [-0.4, -0.2) is 92.2 Å². The van der Waals surface area contributed by atoms with E-state index in [0.717, 1.165) is 5.56 Å². The van der Waals surface area contributed by atoms with Crippen LogP contribution in [0, 0.1) is 11.8 Å². The first kappa shape index (κ1) is 36.5. The van der Waals surface area contributed by atoms with Crippen LogP contribution in [-0.2, 0) is 25.7 Å². The molecule has 5 rings (SSSR count). The number of Topliss-reactive ketones (excluding diaryl/α,β-unsaturated/α-hetero) is 2. The fourth-order valence-corrected chi connectivity index (χ4v) is 6.83. The smallest absolute Gasteiger partial charge is 0.255 e. The molecule has 0 aliphatic heterocycles. The predicted molar refractivity (Wildman–Crippen MR) is 172 cm³/mol. The van der Waals surface area contributed by atoms with E-state index in [2.05, 4.69) is 10.6 Å². The number of nitrogens with zero attached hydrogens (tertiary/aromatic N) is 1. The molecule has 0 bridgehead atoms. The van der Waals surface area contributed by atoms with Gasteiger partial charge in [-0.05, 0) is 37.2 Å². The van der Waals surface area contributed by atoms with Crippen molar-refractivity contribution in [1.82, 2.24) is 10.2 Å².